The molecule has 0 spiro atoms. The third-order valence-electron chi connectivity index (χ3n) is 4.42. The second-order valence-corrected chi connectivity index (χ2v) is 5.55. The van der Waals surface area contributed by atoms with E-state index in [9.17, 15) is 19.2 Å². The van der Waals surface area contributed by atoms with Crippen molar-refractivity contribution in [2.24, 2.45) is 0 Å². The number of nitrogens with zero attached hydrogens (tertiary/aromatic N) is 1. The Kier molecular flexibility index (Phi) is 3.31. The molecule has 1 aromatic carbocycles. The van der Waals surface area contributed by atoms with Crippen LogP contribution in [-0.4, -0.2) is 41.1 Å². The lowest BCUT2D eigenvalue weighted by Crippen LogP contribution is -2.59. The average Bonchev–Trinajstić information content (AvgIpc) is 2.80. The molecule has 3 rings (SSSR count). The van der Waals surface area contributed by atoms with Gasteiger partial charge in [-0.15, -0.1) is 0 Å². The van der Waals surface area contributed by atoms with E-state index < -0.39 is 23.3 Å². The van der Waals surface area contributed by atoms with E-state index in [0.717, 1.165) is 4.90 Å². The molecule has 1 aliphatic heterocycles. The topological polar surface area (TPSA) is 80.8 Å². The molecule has 0 unspecified atom stereocenters. The number of rotatable bonds is 2. The van der Waals surface area contributed by atoms with Gasteiger partial charge in [-0.25, -0.2) is 4.79 Å². The van der Waals surface area contributed by atoms with Crippen LogP contribution in [0.4, 0.5) is 0 Å². The monoisotopic (exact) mass is 301 g/mol. The Morgan fingerprint density at radius 3 is 2.00 bits per heavy atom. The van der Waals surface area contributed by atoms with Crippen LogP contribution in [0.2, 0.25) is 0 Å². The first-order valence-electron chi connectivity index (χ1n) is 7.09. The standard InChI is InChI=1S/C16H15NO5/c1-22-15(21)16(8-6-10(18)7-9-16)17-13(19)11-4-2-3-5-12(11)14(17)20/h2-5H,6-9H2,1H3. The molecule has 2 amide bonds. The zero-order valence-corrected chi connectivity index (χ0v) is 12.1. The van der Waals surface area contributed by atoms with E-state index in [0.29, 0.717) is 0 Å². The van der Waals surface area contributed by atoms with Crippen LogP contribution in [0.25, 0.3) is 0 Å². The maximum atomic E-state index is 12.6. The van der Waals surface area contributed by atoms with Gasteiger partial charge in [0.1, 0.15) is 11.3 Å². The van der Waals surface area contributed by atoms with Crippen LogP contribution in [0.3, 0.4) is 0 Å². The summed E-state index contributed by atoms with van der Waals surface area (Å²) in [6, 6.07) is 6.47. The lowest BCUT2D eigenvalue weighted by Gasteiger charge is -2.39. The fourth-order valence-corrected chi connectivity index (χ4v) is 3.23. The number of ether oxygens (including phenoxy) is 1. The van der Waals surface area contributed by atoms with Gasteiger partial charge in [-0.3, -0.25) is 19.3 Å². The van der Waals surface area contributed by atoms with Gasteiger partial charge in [0.25, 0.3) is 11.8 Å². The number of carbonyl (C=O) groups excluding carboxylic acids is 4. The van der Waals surface area contributed by atoms with Gasteiger partial charge >= 0.3 is 5.97 Å². The Morgan fingerprint density at radius 1 is 1.05 bits per heavy atom. The van der Waals surface area contributed by atoms with Crippen molar-refractivity contribution in [2.75, 3.05) is 7.11 Å². The van der Waals surface area contributed by atoms with Gasteiger partial charge in [0, 0.05) is 12.8 Å². The Hall–Kier alpha value is -2.50. The van der Waals surface area contributed by atoms with E-state index >= 15 is 0 Å². The summed E-state index contributed by atoms with van der Waals surface area (Å²) in [5.74, 6) is -1.62. The van der Waals surface area contributed by atoms with E-state index in [-0.39, 0.29) is 42.6 Å². The number of methoxy groups -OCH3 is 1. The molecule has 22 heavy (non-hydrogen) atoms. The van der Waals surface area contributed by atoms with E-state index in [1.807, 2.05) is 0 Å². The van der Waals surface area contributed by atoms with Crippen molar-refractivity contribution in [3.05, 3.63) is 35.4 Å². The summed E-state index contributed by atoms with van der Waals surface area (Å²) in [7, 11) is 1.22. The largest absolute Gasteiger partial charge is 0.467 e. The molecule has 1 saturated carbocycles. The highest BCUT2D eigenvalue weighted by Gasteiger charge is 2.55. The van der Waals surface area contributed by atoms with Gasteiger partial charge in [0.15, 0.2) is 0 Å². The molecule has 6 heteroatoms. The summed E-state index contributed by atoms with van der Waals surface area (Å²) in [5.41, 5.74) is -0.809. The second kappa shape index (κ2) is 5.05. The van der Waals surface area contributed by atoms with Gasteiger partial charge in [-0.1, -0.05) is 12.1 Å². The van der Waals surface area contributed by atoms with E-state index in [1.165, 1.54) is 7.11 Å². The van der Waals surface area contributed by atoms with E-state index in [4.69, 9.17) is 4.74 Å². The molecule has 0 radical (unpaired) electrons. The molecule has 1 aliphatic carbocycles. The lowest BCUT2D eigenvalue weighted by atomic mass is 9.79. The molecule has 0 aromatic heterocycles. The number of hydrogen-bond donors (Lipinski definition) is 0. The van der Waals surface area contributed by atoms with Crippen LogP contribution >= 0.6 is 0 Å². The Balaban J connectivity index is 2.07. The maximum Gasteiger partial charge on any atom is 0.332 e. The minimum Gasteiger partial charge on any atom is -0.467 e. The number of ketones is 1. The van der Waals surface area contributed by atoms with Crippen molar-refractivity contribution in [1.29, 1.82) is 0 Å². The minimum absolute atomic E-state index is 0.0242. The number of Topliss-reactive ketones (excluding diaryl/α,β-unsaturated/α-hetero) is 1. The average molecular weight is 301 g/mol. The zero-order valence-electron chi connectivity index (χ0n) is 12.1. The molecule has 0 bridgehead atoms. The van der Waals surface area contributed by atoms with E-state index in [2.05, 4.69) is 0 Å². The third-order valence-corrected chi connectivity index (χ3v) is 4.42. The van der Waals surface area contributed by atoms with Crippen molar-refractivity contribution >= 4 is 23.6 Å². The third kappa shape index (κ3) is 1.87. The second-order valence-electron chi connectivity index (χ2n) is 5.55. The molecule has 1 fully saturated rings. The van der Waals surface area contributed by atoms with Gasteiger partial charge in [0.2, 0.25) is 0 Å². The van der Waals surface area contributed by atoms with Crippen molar-refractivity contribution in [3.63, 3.8) is 0 Å². The number of amides is 2. The number of fused-ring (bicyclic) bond motifs is 1. The molecule has 6 nitrogen and oxygen atoms in total. The Morgan fingerprint density at radius 2 is 1.55 bits per heavy atom. The molecular formula is C16H15NO5. The summed E-state index contributed by atoms with van der Waals surface area (Å²) in [6.45, 7) is 0. The number of hydrogen-bond acceptors (Lipinski definition) is 5. The number of imide groups is 1. The predicted octanol–water partition coefficient (Wildman–Crippen LogP) is 1.34. The number of esters is 1. The summed E-state index contributed by atoms with van der Waals surface area (Å²) < 4.78 is 4.84. The Bertz CT molecular complexity index is 649. The summed E-state index contributed by atoms with van der Waals surface area (Å²) >= 11 is 0. The Labute approximate surface area is 127 Å². The van der Waals surface area contributed by atoms with Gasteiger partial charge in [-0.05, 0) is 25.0 Å². The summed E-state index contributed by atoms with van der Waals surface area (Å²) in [5, 5.41) is 0. The van der Waals surface area contributed by atoms with Crippen LogP contribution in [-0.2, 0) is 14.3 Å². The van der Waals surface area contributed by atoms with Crippen LogP contribution in [0.5, 0.6) is 0 Å². The zero-order chi connectivity index (χ0) is 15.9. The predicted molar refractivity (Wildman–Crippen MR) is 75.2 cm³/mol. The minimum atomic E-state index is -1.38. The van der Waals surface area contributed by atoms with Crippen LogP contribution in [0.1, 0.15) is 46.4 Å². The van der Waals surface area contributed by atoms with Crippen LogP contribution < -0.4 is 0 Å². The molecule has 0 atom stereocenters. The van der Waals surface area contributed by atoms with Crippen molar-refractivity contribution in [1.82, 2.24) is 4.90 Å². The fourth-order valence-electron chi connectivity index (χ4n) is 3.23. The van der Waals surface area contributed by atoms with Crippen molar-refractivity contribution in [3.8, 4) is 0 Å². The SMILES string of the molecule is COC(=O)C1(N2C(=O)c3ccccc3C2=O)CCC(=O)CC1. The molecule has 1 heterocycles. The highest BCUT2D eigenvalue weighted by atomic mass is 16.5. The first-order valence-corrected chi connectivity index (χ1v) is 7.09. The molecule has 114 valence electrons. The molecule has 2 aliphatic rings. The maximum absolute atomic E-state index is 12.6. The smallest absolute Gasteiger partial charge is 0.332 e. The summed E-state index contributed by atoms with van der Waals surface area (Å²) in [6.07, 6.45) is 0.541. The van der Waals surface area contributed by atoms with E-state index in [1.54, 1.807) is 24.3 Å². The van der Waals surface area contributed by atoms with Gasteiger partial charge < -0.3 is 4.74 Å². The molecular weight excluding hydrogens is 286 g/mol. The molecule has 0 saturated heterocycles. The van der Waals surface area contributed by atoms with Crippen molar-refractivity contribution < 1.29 is 23.9 Å². The van der Waals surface area contributed by atoms with Crippen LogP contribution in [0.15, 0.2) is 24.3 Å². The lowest BCUT2D eigenvalue weighted by molar-refractivity contribution is -0.155. The number of carbonyl (C=O) groups is 4. The first kappa shape index (κ1) is 14.4. The quantitative estimate of drug-likeness (QED) is 0.608. The normalized spacial score (nSPS) is 20.0. The fraction of sp³-hybridized carbons (Fsp3) is 0.375. The molecule has 1 aromatic rings. The summed E-state index contributed by atoms with van der Waals surface area (Å²) in [4.78, 5) is 50.1. The highest BCUT2D eigenvalue weighted by Crippen LogP contribution is 2.39. The van der Waals surface area contributed by atoms with Gasteiger partial charge in [-0.2, -0.15) is 0 Å². The number of benzene rings is 1. The van der Waals surface area contributed by atoms with Crippen LogP contribution in [0, 0.1) is 0 Å². The first-order chi connectivity index (χ1) is 10.5. The molecule has 0 N–H and O–H groups in total. The van der Waals surface area contributed by atoms with Gasteiger partial charge in [0.05, 0.1) is 18.2 Å². The van der Waals surface area contributed by atoms with Crippen molar-refractivity contribution in [2.45, 2.75) is 31.2 Å². The highest BCUT2D eigenvalue weighted by molar-refractivity contribution is 6.23.